The molecule has 0 aliphatic rings. The minimum atomic E-state index is -0.859. The first kappa shape index (κ1) is 33.5. The van der Waals surface area contributed by atoms with Crippen molar-refractivity contribution in [3.05, 3.63) is 36.1 Å². The number of aliphatic carboxylic acids is 1. The van der Waals surface area contributed by atoms with Gasteiger partial charge in [0.15, 0.2) is 0 Å². The largest absolute Gasteiger partial charge is 0.494 e. The number of allylic oxidation sites excluding steroid dienone is 1. The van der Waals surface area contributed by atoms with Gasteiger partial charge in [-0.1, -0.05) is 51.9 Å². The number of unbranched alkanes of at least 4 members (excludes halogenated alkanes) is 8. The molecule has 1 aromatic carbocycles. The third kappa shape index (κ3) is 17.1. The van der Waals surface area contributed by atoms with Gasteiger partial charge in [-0.05, 0) is 74.8 Å². The van der Waals surface area contributed by atoms with E-state index in [0.29, 0.717) is 30.9 Å². The van der Waals surface area contributed by atoms with Gasteiger partial charge < -0.3 is 24.6 Å². The normalized spacial score (nSPS) is 12.0. The predicted octanol–water partition coefficient (Wildman–Crippen LogP) is 6.91. The van der Waals surface area contributed by atoms with Crippen molar-refractivity contribution in [1.82, 2.24) is 4.90 Å². The van der Waals surface area contributed by atoms with Crippen molar-refractivity contribution in [2.45, 2.75) is 116 Å². The number of carboxylic acids is 1. The molecule has 0 aromatic heterocycles. The van der Waals surface area contributed by atoms with Crippen LogP contribution in [-0.2, 0) is 16.0 Å². The Morgan fingerprint density at radius 2 is 1.66 bits per heavy atom. The standard InChI is InChI=1S/C31H51NO6/c1-4-5-6-7-8-11-16-27(33)17-12-9-10-14-24-38-29-21-20-28(25-26(29)19-22-31(35)36)37-23-15-13-18-30(34)32(2)3/h14,20-21,24-25,27,33H,4-13,15-19,22-23H2,1-3H3,(H,35,36). The maximum atomic E-state index is 11.6. The first-order chi connectivity index (χ1) is 18.3. The molecular weight excluding hydrogens is 482 g/mol. The van der Waals surface area contributed by atoms with E-state index in [2.05, 4.69) is 6.92 Å². The lowest BCUT2D eigenvalue weighted by molar-refractivity contribution is -0.137. The third-order valence-corrected chi connectivity index (χ3v) is 6.53. The molecule has 1 atom stereocenters. The summed E-state index contributed by atoms with van der Waals surface area (Å²) in [7, 11) is 3.50. The second-order valence-electron chi connectivity index (χ2n) is 10.2. The Bertz CT molecular complexity index is 808. The van der Waals surface area contributed by atoms with Gasteiger partial charge in [-0.25, -0.2) is 0 Å². The Hall–Kier alpha value is -2.54. The fraction of sp³-hybridized carbons (Fsp3) is 0.677. The lowest BCUT2D eigenvalue weighted by Crippen LogP contribution is -2.21. The van der Waals surface area contributed by atoms with E-state index in [9.17, 15) is 14.7 Å². The van der Waals surface area contributed by atoms with Gasteiger partial charge >= 0.3 is 5.97 Å². The molecule has 38 heavy (non-hydrogen) atoms. The number of carbonyl (C=O) groups is 2. The number of hydrogen-bond acceptors (Lipinski definition) is 5. The van der Waals surface area contributed by atoms with Crippen LogP contribution in [0.1, 0.15) is 109 Å². The summed E-state index contributed by atoms with van der Waals surface area (Å²) in [6.07, 6.45) is 17.9. The number of rotatable bonds is 23. The van der Waals surface area contributed by atoms with Gasteiger partial charge in [0, 0.05) is 26.9 Å². The van der Waals surface area contributed by atoms with E-state index < -0.39 is 5.97 Å². The third-order valence-electron chi connectivity index (χ3n) is 6.53. The molecule has 1 aromatic rings. The van der Waals surface area contributed by atoms with Crippen molar-refractivity contribution in [2.24, 2.45) is 0 Å². The van der Waals surface area contributed by atoms with Crippen LogP contribution in [0.5, 0.6) is 11.5 Å². The highest BCUT2D eigenvalue weighted by Gasteiger charge is 2.09. The molecule has 0 heterocycles. The molecule has 0 aliphatic carbocycles. The average molecular weight is 534 g/mol. The molecule has 2 N–H and O–H groups in total. The highest BCUT2D eigenvalue weighted by molar-refractivity contribution is 5.75. The van der Waals surface area contributed by atoms with Gasteiger partial charge in [0.25, 0.3) is 0 Å². The summed E-state index contributed by atoms with van der Waals surface area (Å²) in [5, 5.41) is 19.3. The second-order valence-corrected chi connectivity index (χ2v) is 10.2. The molecule has 216 valence electrons. The van der Waals surface area contributed by atoms with Crippen LogP contribution in [0.15, 0.2) is 30.5 Å². The molecule has 7 nitrogen and oxygen atoms in total. The number of hydrogen-bond donors (Lipinski definition) is 2. The number of amides is 1. The zero-order valence-corrected chi connectivity index (χ0v) is 24.0. The van der Waals surface area contributed by atoms with Gasteiger partial charge in [-0.3, -0.25) is 9.59 Å². The number of aryl methyl sites for hydroxylation is 1. The van der Waals surface area contributed by atoms with Crippen LogP contribution >= 0.6 is 0 Å². The van der Waals surface area contributed by atoms with Crippen LogP contribution in [0.25, 0.3) is 0 Å². The molecule has 0 saturated carbocycles. The molecule has 7 heteroatoms. The Morgan fingerprint density at radius 3 is 2.37 bits per heavy atom. The van der Waals surface area contributed by atoms with Crippen LogP contribution in [0.2, 0.25) is 0 Å². The van der Waals surface area contributed by atoms with Crippen LogP contribution in [0, 0.1) is 0 Å². The van der Waals surface area contributed by atoms with E-state index in [1.54, 1.807) is 25.3 Å². The molecule has 0 saturated heterocycles. The first-order valence-corrected chi connectivity index (χ1v) is 14.5. The van der Waals surface area contributed by atoms with Crippen molar-refractivity contribution in [3.63, 3.8) is 0 Å². The number of ether oxygens (including phenoxy) is 2. The van der Waals surface area contributed by atoms with E-state index >= 15 is 0 Å². The van der Waals surface area contributed by atoms with Crippen molar-refractivity contribution >= 4 is 11.9 Å². The maximum Gasteiger partial charge on any atom is 0.303 e. The predicted molar refractivity (Wildman–Crippen MR) is 153 cm³/mol. The van der Waals surface area contributed by atoms with Gasteiger partial charge in [0.2, 0.25) is 5.91 Å². The minimum Gasteiger partial charge on any atom is -0.494 e. The van der Waals surface area contributed by atoms with Crippen LogP contribution in [-0.4, -0.2) is 53.8 Å². The van der Waals surface area contributed by atoms with Crippen molar-refractivity contribution < 1.29 is 29.3 Å². The molecule has 1 unspecified atom stereocenters. The number of carboxylic acid groups (broad SMARTS) is 1. The Labute approximate surface area is 230 Å². The van der Waals surface area contributed by atoms with Crippen LogP contribution < -0.4 is 9.47 Å². The summed E-state index contributed by atoms with van der Waals surface area (Å²) in [6, 6.07) is 5.47. The second kappa shape index (κ2) is 21.4. The summed E-state index contributed by atoms with van der Waals surface area (Å²) in [5.41, 5.74) is 0.787. The van der Waals surface area contributed by atoms with E-state index in [4.69, 9.17) is 14.6 Å². The Morgan fingerprint density at radius 1 is 0.947 bits per heavy atom. The zero-order valence-electron chi connectivity index (χ0n) is 24.0. The fourth-order valence-corrected chi connectivity index (χ4v) is 4.13. The average Bonchev–Trinajstić information content (AvgIpc) is 2.89. The SMILES string of the molecule is CCCCCCCCC(O)CCCCC=COc1ccc(OCCCCC(=O)N(C)C)cc1CCC(=O)O. The lowest BCUT2D eigenvalue weighted by Gasteiger charge is -2.12. The molecule has 0 aliphatic heterocycles. The first-order valence-electron chi connectivity index (χ1n) is 14.5. The smallest absolute Gasteiger partial charge is 0.303 e. The lowest BCUT2D eigenvalue weighted by atomic mass is 10.0. The molecule has 0 fully saturated rings. The molecule has 1 amide bonds. The van der Waals surface area contributed by atoms with Crippen molar-refractivity contribution in [1.29, 1.82) is 0 Å². The minimum absolute atomic E-state index is 0.0112. The maximum absolute atomic E-state index is 11.6. The monoisotopic (exact) mass is 533 g/mol. The van der Waals surface area contributed by atoms with E-state index in [1.807, 2.05) is 24.3 Å². The number of benzene rings is 1. The van der Waals surface area contributed by atoms with Crippen molar-refractivity contribution in [3.8, 4) is 11.5 Å². The van der Waals surface area contributed by atoms with Gasteiger partial charge in [-0.2, -0.15) is 0 Å². The van der Waals surface area contributed by atoms with Gasteiger partial charge in [-0.15, -0.1) is 0 Å². The van der Waals surface area contributed by atoms with E-state index in [0.717, 1.165) is 56.9 Å². The Balaban J connectivity index is 2.37. The van der Waals surface area contributed by atoms with Crippen LogP contribution in [0.3, 0.4) is 0 Å². The molecule has 0 radical (unpaired) electrons. The zero-order chi connectivity index (χ0) is 28.0. The summed E-state index contributed by atoms with van der Waals surface area (Å²) < 4.78 is 11.6. The van der Waals surface area contributed by atoms with E-state index in [-0.39, 0.29) is 18.4 Å². The number of aliphatic hydroxyl groups is 1. The topological polar surface area (TPSA) is 96.3 Å². The molecule has 0 spiro atoms. The van der Waals surface area contributed by atoms with E-state index in [1.165, 1.54) is 32.1 Å². The van der Waals surface area contributed by atoms with Crippen molar-refractivity contribution in [2.75, 3.05) is 20.7 Å². The van der Waals surface area contributed by atoms with Gasteiger partial charge in [0.1, 0.15) is 11.5 Å². The highest BCUT2D eigenvalue weighted by Crippen LogP contribution is 2.26. The summed E-state index contributed by atoms with van der Waals surface area (Å²) >= 11 is 0. The fourth-order valence-electron chi connectivity index (χ4n) is 4.13. The quantitative estimate of drug-likeness (QED) is 0.117. The summed E-state index contributed by atoms with van der Waals surface area (Å²) in [5.74, 6) is 0.541. The number of aliphatic hydroxyl groups excluding tert-OH is 1. The summed E-state index contributed by atoms with van der Waals surface area (Å²) in [6.45, 7) is 2.72. The molecule has 1 rings (SSSR count). The summed E-state index contributed by atoms with van der Waals surface area (Å²) in [4.78, 5) is 24.3. The number of carbonyl (C=O) groups excluding carboxylic acids is 1. The Kier molecular flexibility index (Phi) is 18.9. The van der Waals surface area contributed by atoms with Gasteiger partial charge in [0.05, 0.1) is 19.0 Å². The van der Waals surface area contributed by atoms with Crippen LogP contribution in [0.4, 0.5) is 0 Å². The number of nitrogens with zero attached hydrogens (tertiary/aromatic N) is 1. The molecule has 0 bridgehead atoms. The highest BCUT2D eigenvalue weighted by atomic mass is 16.5. The molecular formula is C31H51NO6.